The average molecular weight is 238 g/mol. The molecule has 0 spiro atoms. The molecular weight excluding hydrogens is 226 g/mol. The average Bonchev–Trinajstić information content (AvgIpc) is 2.46. The molecule has 0 saturated heterocycles. The van der Waals surface area contributed by atoms with E-state index in [1.165, 1.54) is 27.5 Å². The number of fused-ring (bicyclic) bond motifs is 1. The summed E-state index contributed by atoms with van der Waals surface area (Å²) < 4.78 is 1.23. The molecule has 0 aliphatic carbocycles. The zero-order valence-electron chi connectivity index (χ0n) is 7.60. The first-order valence-corrected chi connectivity index (χ1v) is 5.37. The Morgan fingerprint density at radius 1 is 1.31 bits per heavy atom. The van der Waals surface area contributed by atoms with Gasteiger partial charge in [-0.05, 0) is 28.4 Å². The van der Waals surface area contributed by atoms with Gasteiger partial charge >= 0.3 is 0 Å². The summed E-state index contributed by atoms with van der Waals surface area (Å²) in [6.07, 6.45) is 2.28. The highest BCUT2D eigenvalue weighted by Gasteiger charge is 2.06. The van der Waals surface area contributed by atoms with Crippen LogP contribution in [0.15, 0.2) is 28.7 Å². The summed E-state index contributed by atoms with van der Waals surface area (Å²) in [5.41, 5.74) is 2.53. The molecule has 0 saturated carbocycles. The number of hydrogen-bond acceptors (Lipinski definition) is 0. The van der Waals surface area contributed by atoms with E-state index in [0.29, 0.717) is 0 Å². The summed E-state index contributed by atoms with van der Waals surface area (Å²) >= 11 is 3.62. The molecule has 1 nitrogen and oxygen atoms in total. The highest BCUT2D eigenvalue weighted by atomic mass is 79.9. The van der Waals surface area contributed by atoms with Crippen LogP contribution in [0, 0.1) is 0 Å². The zero-order chi connectivity index (χ0) is 9.26. The molecule has 1 heterocycles. The van der Waals surface area contributed by atoms with Crippen LogP contribution in [0.2, 0.25) is 0 Å². The summed E-state index contributed by atoms with van der Waals surface area (Å²) in [6, 6.07) is 8.37. The molecule has 0 aliphatic rings. The molecule has 2 heteroatoms. The highest BCUT2D eigenvalue weighted by Crippen LogP contribution is 2.28. The molecule has 0 fully saturated rings. The van der Waals surface area contributed by atoms with Gasteiger partial charge in [0.25, 0.3) is 0 Å². The molecule has 0 bridgehead atoms. The van der Waals surface area contributed by atoms with Gasteiger partial charge in [-0.2, -0.15) is 0 Å². The topological polar surface area (TPSA) is 15.8 Å². The van der Waals surface area contributed by atoms with E-state index in [1.807, 2.05) is 0 Å². The van der Waals surface area contributed by atoms with E-state index in [1.54, 1.807) is 0 Å². The SMILES string of the molecule is CCCc1[nH]c2ccccc2c1Br. The van der Waals surface area contributed by atoms with Crippen LogP contribution in [0.1, 0.15) is 19.0 Å². The van der Waals surface area contributed by atoms with Crippen molar-refractivity contribution in [3.63, 3.8) is 0 Å². The maximum Gasteiger partial charge on any atom is 0.0467 e. The zero-order valence-corrected chi connectivity index (χ0v) is 9.19. The first-order chi connectivity index (χ1) is 6.33. The van der Waals surface area contributed by atoms with Crippen LogP contribution in [0.5, 0.6) is 0 Å². The Labute approximate surface area is 86.3 Å². The second-order valence-corrected chi connectivity index (χ2v) is 4.01. The van der Waals surface area contributed by atoms with Crippen LogP contribution in [0.25, 0.3) is 10.9 Å². The van der Waals surface area contributed by atoms with Gasteiger partial charge in [-0.15, -0.1) is 0 Å². The molecule has 0 aliphatic heterocycles. The predicted molar refractivity (Wildman–Crippen MR) is 60.0 cm³/mol. The molecule has 1 aromatic heterocycles. The van der Waals surface area contributed by atoms with Crippen molar-refractivity contribution in [1.29, 1.82) is 0 Å². The molecule has 0 unspecified atom stereocenters. The van der Waals surface area contributed by atoms with E-state index < -0.39 is 0 Å². The molecule has 2 aromatic rings. The quantitative estimate of drug-likeness (QED) is 0.817. The first kappa shape index (κ1) is 8.82. The molecule has 68 valence electrons. The molecule has 13 heavy (non-hydrogen) atoms. The lowest BCUT2D eigenvalue weighted by Crippen LogP contribution is -1.82. The monoisotopic (exact) mass is 237 g/mol. The minimum absolute atomic E-state index is 1.11. The summed E-state index contributed by atoms with van der Waals surface area (Å²) in [4.78, 5) is 3.42. The van der Waals surface area contributed by atoms with Crippen molar-refractivity contribution in [2.24, 2.45) is 0 Å². The van der Waals surface area contributed by atoms with Crippen molar-refractivity contribution >= 4 is 26.8 Å². The van der Waals surface area contributed by atoms with Crippen LogP contribution in [0.4, 0.5) is 0 Å². The number of benzene rings is 1. The standard InChI is InChI=1S/C11H12BrN/c1-2-5-10-11(12)8-6-3-4-7-9(8)13-10/h3-4,6-7,13H,2,5H2,1H3. The lowest BCUT2D eigenvalue weighted by atomic mass is 10.2. The Bertz CT molecular complexity index is 417. The lowest BCUT2D eigenvalue weighted by molar-refractivity contribution is 0.891. The van der Waals surface area contributed by atoms with Crippen molar-refractivity contribution in [2.75, 3.05) is 0 Å². The molecule has 0 radical (unpaired) electrons. The summed E-state index contributed by atoms with van der Waals surface area (Å²) in [5, 5.41) is 1.28. The maximum absolute atomic E-state index is 3.62. The van der Waals surface area contributed by atoms with Gasteiger partial charge in [-0.25, -0.2) is 0 Å². The first-order valence-electron chi connectivity index (χ1n) is 4.58. The van der Waals surface area contributed by atoms with Crippen LogP contribution in [-0.2, 0) is 6.42 Å². The fraction of sp³-hybridized carbons (Fsp3) is 0.273. The number of rotatable bonds is 2. The van der Waals surface area contributed by atoms with Gasteiger partial charge in [0.2, 0.25) is 0 Å². The van der Waals surface area contributed by atoms with Gasteiger partial charge in [0, 0.05) is 21.1 Å². The number of H-pyrrole nitrogens is 1. The molecule has 1 N–H and O–H groups in total. The van der Waals surface area contributed by atoms with Gasteiger partial charge in [0.05, 0.1) is 0 Å². The van der Waals surface area contributed by atoms with Gasteiger partial charge < -0.3 is 4.98 Å². The van der Waals surface area contributed by atoms with Crippen LogP contribution >= 0.6 is 15.9 Å². The summed E-state index contributed by atoms with van der Waals surface area (Å²) in [6.45, 7) is 2.19. The number of nitrogens with one attached hydrogen (secondary N) is 1. The number of hydrogen-bond donors (Lipinski definition) is 1. The Morgan fingerprint density at radius 2 is 2.08 bits per heavy atom. The summed E-state index contributed by atoms with van der Waals surface area (Å²) in [7, 11) is 0. The van der Waals surface area contributed by atoms with Crippen molar-refractivity contribution in [3.05, 3.63) is 34.4 Å². The van der Waals surface area contributed by atoms with Gasteiger partial charge in [0.15, 0.2) is 0 Å². The fourth-order valence-electron chi connectivity index (χ4n) is 1.59. The van der Waals surface area contributed by atoms with E-state index in [-0.39, 0.29) is 0 Å². The summed E-state index contributed by atoms with van der Waals surface area (Å²) in [5.74, 6) is 0. The van der Waals surface area contributed by atoms with Crippen molar-refractivity contribution < 1.29 is 0 Å². The number of aryl methyl sites for hydroxylation is 1. The fourth-order valence-corrected chi connectivity index (χ4v) is 2.23. The maximum atomic E-state index is 3.62. The number of aromatic nitrogens is 1. The number of halogens is 1. The van der Waals surface area contributed by atoms with E-state index in [9.17, 15) is 0 Å². The van der Waals surface area contributed by atoms with E-state index in [0.717, 1.165) is 6.42 Å². The van der Waals surface area contributed by atoms with E-state index in [2.05, 4.69) is 52.1 Å². The minimum atomic E-state index is 1.11. The van der Waals surface area contributed by atoms with E-state index in [4.69, 9.17) is 0 Å². The van der Waals surface area contributed by atoms with Crippen LogP contribution in [0.3, 0.4) is 0 Å². The Balaban J connectivity index is 2.60. The highest BCUT2D eigenvalue weighted by molar-refractivity contribution is 9.10. The lowest BCUT2D eigenvalue weighted by Gasteiger charge is -1.93. The minimum Gasteiger partial charge on any atom is -0.357 e. The van der Waals surface area contributed by atoms with Gasteiger partial charge in [0.1, 0.15) is 0 Å². The van der Waals surface area contributed by atoms with Crippen LogP contribution < -0.4 is 0 Å². The third-order valence-electron chi connectivity index (χ3n) is 2.21. The Hall–Kier alpha value is -0.760. The Kier molecular flexibility index (Phi) is 2.40. The predicted octanol–water partition coefficient (Wildman–Crippen LogP) is 3.88. The van der Waals surface area contributed by atoms with Gasteiger partial charge in [-0.1, -0.05) is 31.5 Å². The number of aromatic amines is 1. The van der Waals surface area contributed by atoms with E-state index >= 15 is 0 Å². The Morgan fingerprint density at radius 3 is 2.77 bits per heavy atom. The third kappa shape index (κ3) is 1.51. The normalized spacial score (nSPS) is 10.9. The van der Waals surface area contributed by atoms with Crippen molar-refractivity contribution in [1.82, 2.24) is 4.98 Å². The molecule has 2 rings (SSSR count). The molecule has 1 aromatic carbocycles. The largest absolute Gasteiger partial charge is 0.357 e. The third-order valence-corrected chi connectivity index (χ3v) is 3.12. The number of para-hydroxylation sites is 1. The van der Waals surface area contributed by atoms with Crippen LogP contribution in [-0.4, -0.2) is 4.98 Å². The smallest absolute Gasteiger partial charge is 0.0467 e. The molecule has 0 atom stereocenters. The van der Waals surface area contributed by atoms with Crippen molar-refractivity contribution in [2.45, 2.75) is 19.8 Å². The van der Waals surface area contributed by atoms with Crippen molar-refractivity contribution in [3.8, 4) is 0 Å². The second-order valence-electron chi connectivity index (χ2n) is 3.21. The molecular formula is C11H12BrN. The second kappa shape index (κ2) is 3.54. The van der Waals surface area contributed by atoms with Gasteiger partial charge in [-0.3, -0.25) is 0 Å². The molecule has 0 amide bonds.